The molecule has 3 aromatic rings. The molecule has 0 fully saturated rings. The second kappa shape index (κ2) is 13.8. The van der Waals surface area contributed by atoms with E-state index < -0.39 is 0 Å². The van der Waals surface area contributed by atoms with E-state index in [-0.39, 0.29) is 25.3 Å². The molecule has 0 aliphatic heterocycles. The van der Waals surface area contributed by atoms with Crippen LogP contribution in [0.4, 0.5) is 32.3 Å². The van der Waals surface area contributed by atoms with Crippen molar-refractivity contribution in [2.75, 3.05) is 45.8 Å². The van der Waals surface area contributed by atoms with Crippen molar-refractivity contribution in [3.8, 4) is 0 Å². The quantitative estimate of drug-likeness (QED) is 0.339. The highest BCUT2D eigenvalue weighted by Crippen LogP contribution is 2.29. The van der Waals surface area contributed by atoms with Crippen molar-refractivity contribution in [2.45, 2.75) is 47.8 Å². The summed E-state index contributed by atoms with van der Waals surface area (Å²) in [5.41, 5.74) is 5.43. The number of amides is 4. The Balaban J connectivity index is 1.94. The van der Waals surface area contributed by atoms with E-state index in [9.17, 15) is 19.8 Å². The molecule has 0 atom stereocenters. The number of anilines is 4. The highest BCUT2D eigenvalue weighted by molar-refractivity contribution is 6.06. The zero-order chi connectivity index (χ0) is 28.5. The molecule has 0 heterocycles. The predicted octanol–water partition coefficient (Wildman–Crippen LogP) is 5.93. The molecule has 0 aromatic heterocycles. The Morgan fingerprint density at radius 2 is 0.846 bits per heavy atom. The first-order valence-corrected chi connectivity index (χ1v) is 13.5. The lowest BCUT2D eigenvalue weighted by Gasteiger charge is -2.32. The molecule has 2 N–H and O–H groups in total. The highest BCUT2D eigenvalue weighted by atomic mass is 16.3. The number of nitrogens with zero attached hydrogens (tertiary/aromatic N) is 4. The summed E-state index contributed by atoms with van der Waals surface area (Å²) >= 11 is 0. The van der Waals surface area contributed by atoms with Crippen LogP contribution in [-0.4, -0.2) is 48.5 Å². The van der Waals surface area contributed by atoms with Gasteiger partial charge in [-0.3, -0.25) is 19.6 Å². The van der Waals surface area contributed by atoms with Crippen molar-refractivity contribution in [2.24, 2.45) is 0 Å². The fraction of sp³-hybridized carbons (Fsp3) is 0.355. The van der Waals surface area contributed by atoms with E-state index in [2.05, 4.69) is 0 Å². The van der Waals surface area contributed by atoms with Crippen molar-refractivity contribution in [1.29, 1.82) is 0 Å². The summed E-state index contributed by atoms with van der Waals surface area (Å²) in [5.74, 6) is 0. The molecule has 0 saturated carbocycles. The maximum atomic E-state index is 13.7. The monoisotopic (exact) mass is 532 g/mol. The third-order valence-electron chi connectivity index (χ3n) is 6.72. The van der Waals surface area contributed by atoms with Gasteiger partial charge in [-0.2, -0.15) is 0 Å². The van der Waals surface area contributed by atoms with Gasteiger partial charge in [0.05, 0.1) is 13.2 Å². The Morgan fingerprint density at radius 3 is 1.13 bits per heavy atom. The van der Waals surface area contributed by atoms with Crippen LogP contribution in [0.2, 0.25) is 0 Å². The molecule has 208 valence electrons. The summed E-state index contributed by atoms with van der Waals surface area (Å²) in [6, 6.07) is 20.1. The first-order chi connectivity index (χ1) is 18.8. The summed E-state index contributed by atoms with van der Waals surface area (Å²) < 4.78 is 0. The van der Waals surface area contributed by atoms with Gasteiger partial charge in [-0.1, -0.05) is 24.3 Å². The number of carbonyl (C=O) groups excluding carboxylic acids is 2. The van der Waals surface area contributed by atoms with Crippen LogP contribution >= 0.6 is 0 Å². The molecule has 0 unspecified atom stereocenters. The van der Waals surface area contributed by atoms with Crippen LogP contribution in [0.5, 0.6) is 0 Å². The number of aliphatic hydroxyl groups excluding tert-OH is 2. The third kappa shape index (κ3) is 6.77. The molecule has 4 amide bonds. The molecule has 8 nitrogen and oxygen atoms in total. The van der Waals surface area contributed by atoms with Gasteiger partial charge < -0.3 is 10.2 Å². The zero-order valence-electron chi connectivity index (χ0n) is 23.6. The van der Waals surface area contributed by atoms with E-state index in [1.807, 2.05) is 101 Å². The Bertz CT molecular complexity index is 1150. The number of aliphatic hydroxyl groups is 2. The summed E-state index contributed by atoms with van der Waals surface area (Å²) in [4.78, 5) is 34.3. The molecular weight excluding hydrogens is 492 g/mol. The smallest absolute Gasteiger partial charge is 0.328 e. The number of urea groups is 2. The number of hydrogen-bond acceptors (Lipinski definition) is 4. The molecule has 8 heteroatoms. The number of hydrogen-bond donors (Lipinski definition) is 2. The first kappa shape index (κ1) is 29.7. The van der Waals surface area contributed by atoms with Gasteiger partial charge in [0.15, 0.2) is 0 Å². The maximum absolute atomic E-state index is 13.7. The summed E-state index contributed by atoms with van der Waals surface area (Å²) in [6.07, 6.45) is 0. The lowest BCUT2D eigenvalue weighted by Crippen LogP contribution is -2.44. The van der Waals surface area contributed by atoms with Gasteiger partial charge in [0, 0.05) is 48.9 Å². The van der Waals surface area contributed by atoms with Crippen LogP contribution in [-0.2, 0) is 13.2 Å². The van der Waals surface area contributed by atoms with Crippen molar-refractivity contribution in [3.05, 3.63) is 83.4 Å². The number of aryl methyl sites for hydroxylation is 1. The van der Waals surface area contributed by atoms with Crippen LogP contribution < -0.4 is 19.6 Å². The Kier molecular flexibility index (Phi) is 10.5. The molecular formula is C31H40N4O4. The molecule has 0 radical (unpaired) electrons. The van der Waals surface area contributed by atoms with E-state index >= 15 is 0 Å². The lowest BCUT2D eigenvalue weighted by atomic mass is 10.1. The first-order valence-electron chi connectivity index (χ1n) is 13.5. The van der Waals surface area contributed by atoms with E-state index in [4.69, 9.17) is 0 Å². The third-order valence-corrected chi connectivity index (χ3v) is 6.72. The summed E-state index contributed by atoms with van der Waals surface area (Å²) in [5, 5.41) is 18.7. The van der Waals surface area contributed by atoms with Crippen LogP contribution in [0.15, 0.2) is 66.7 Å². The van der Waals surface area contributed by atoms with Gasteiger partial charge in [-0.15, -0.1) is 0 Å². The minimum absolute atomic E-state index is 0.0520. The largest absolute Gasteiger partial charge is 0.392 e. The average molecular weight is 533 g/mol. The van der Waals surface area contributed by atoms with Crippen molar-refractivity contribution < 1.29 is 19.8 Å². The number of rotatable bonds is 10. The van der Waals surface area contributed by atoms with Gasteiger partial charge in [0.2, 0.25) is 0 Å². The van der Waals surface area contributed by atoms with Gasteiger partial charge in [-0.25, -0.2) is 9.59 Å². The second-order valence-electron chi connectivity index (χ2n) is 9.22. The molecule has 0 aliphatic carbocycles. The van der Waals surface area contributed by atoms with E-state index in [1.54, 1.807) is 19.6 Å². The van der Waals surface area contributed by atoms with Crippen LogP contribution in [0.3, 0.4) is 0 Å². The van der Waals surface area contributed by atoms with Gasteiger partial charge in [0.25, 0.3) is 0 Å². The SMILES string of the molecule is CCN(C(=O)N(CC)c1cc(C)cc(N(CC)C(=O)N(CC)c2ccc(CO)cc2)c1)c1ccc(CO)cc1. The van der Waals surface area contributed by atoms with Crippen molar-refractivity contribution in [3.63, 3.8) is 0 Å². The molecule has 3 rings (SSSR count). The summed E-state index contributed by atoms with van der Waals surface area (Å²) in [6.45, 7) is 11.4. The Hall–Kier alpha value is -3.88. The highest BCUT2D eigenvalue weighted by Gasteiger charge is 2.25. The summed E-state index contributed by atoms with van der Waals surface area (Å²) in [7, 11) is 0. The molecule has 3 aromatic carbocycles. The van der Waals surface area contributed by atoms with Crippen LogP contribution in [0.1, 0.15) is 44.4 Å². The van der Waals surface area contributed by atoms with Gasteiger partial charge >= 0.3 is 12.1 Å². The van der Waals surface area contributed by atoms with Gasteiger partial charge in [0.1, 0.15) is 0 Å². The molecule has 0 aliphatic rings. The molecule has 0 saturated heterocycles. The number of carbonyl (C=O) groups is 2. The average Bonchev–Trinajstić information content (AvgIpc) is 2.95. The number of benzene rings is 3. The lowest BCUT2D eigenvalue weighted by molar-refractivity contribution is 0.251. The zero-order valence-corrected chi connectivity index (χ0v) is 23.6. The molecule has 0 spiro atoms. The van der Waals surface area contributed by atoms with Crippen molar-refractivity contribution in [1.82, 2.24) is 0 Å². The fourth-order valence-corrected chi connectivity index (χ4v) is 4.62. The van der Waals surface area contributed by atoms with Crippen LogP contribution in [0, 0.1) is 6.92 Å². The maximum Gasteiger partial charge on any atom is 0.328 e. The molecule has 0 bridgehead atoms. The van der Waals surface area contributed by atoms with E-state index in [0.29, 0.717) is 37.6 Å². The second-order valence-corrected chi connectivity index (χ2v) is 9.22. The van der Waals surface area contributed by atoms with Crippen molar-refractivity contribution >= 4 is 34.8 Å². The van der Waals surface area contributed by atoms with Gasteiger partial charge in [-0.05, 0) is 93.8 Å². The van der Waals surface area contributed by atoms with E-state index in [0.717, 1.165) is 28.1 Å². The normalized spacial score (nSPS) is 10.7. The topological polar surface area (TPSA) is 87.6 Å². The Morgan fingerprint density at radius 1 is 0.538 bits per heavy atom. The fourth-order valence-electron chi connectivity index (χ4n) is 4.62. The Labute approximate surface area is 231 Å². The minimum atomic E-state index is -0.165. The predicted molar refractivity (Wildman–Crippen MR) is 159 cm³/mol. The standard InChI is InChI=1S/C31H40N4O4/c1-6-32(26-14-10-24(21-36)11-15-26)30(38)34(8-3)28-18-23(5)19-29(20-28)35(9-4)31(39)33(7-2)27-16-12-25(22-37)13-17-27/h10-20,36-37H,6-9,21-22H2,1-5H3. The van der Waals surface area contributed by atoms with Crippen LogP contribution in [0.25, 0.3) is 0 Å². The molecule has 39 heavy (non-hydrogen) atoms. The van der Waals surface area contributed by atoms with E-state index in [1.165, 1.54) is 0 Å². The minimum Gasteiger partial charge on any atom is -0.392 e.